The second-order valence-electron chi connectivity index (χ2n) is 5.68. The van der Waals surface area contributed by atoms with Gasteiger partial charge in [0.2, 0.25) is 15.9 Å². The van der Waals surface area contributed by atoms with Crippen molar-refractivity contribution < 1.29 is 13.2 Å². The minimum Gasteiger partial charge on any atom is -0.366 e. The molecule has 0 aromatic heterocycles. The molecular formula is C15H23N3O3S. The summed E-state index contributed by atoms with van der Waals surface area (Å²) in [5.74, 6) is -0.619. The zero-order chi connectivity index (χ0) is 16.3. The van der Waals surface area contributed by atoms with Crippen molar-refractivity contribution in [2.45, 2.75) is 43.5 Å². The smallest absolute Gasteiger partial charge is 0.249 e. The first kappa shape index (κ1) is 16.9. The van der Waals surface area contributed by atoms with Crippen molar-refractivity contribution >= 4 is 15.9 Å². The van der Waals surface area contributed by atoms with Crippen LogP contribution in [-0.4, -0.2) is 37.8 Å². The van der Waals surface area contributed by atoms with E-state index in [0.29, 0.717) is 25.1 Å². The van der Waals surface area contributed by atoms with Crippen molar-refractivity contribution in [3.05, 3.63) is 29.3 Å². The van der Waals surface area contributed by atoms with E-state index in [1.807, 2.05) is 0 Å². The second kappa shape index (κ2) is 6.76. The predicted octanol–water partition coefficient (Wildman–Crippen LogP) is 0.986. The molecule has 122 valence electrons. The van der Waals surface area contributed by atoms with E-state index in [1.54, 1.807) is 13.0 Å². The van der Waals surface area contributed by atoms with E-state index in [-0.39, 0.29) is 16.5 Å². The maximum atomic E-state index is 12.9. The highest BCUT2D eigenvalue weighted by Crippen LogP contribution is 2.27. The Balaban J connectivity index is 2.40. The molecule has 0 spiro atoms. The maximum Gasteiger partial charge on any atom is 0.249 e. The lowest BCUT2D eigenvalue weighted by Gasteiger charge is -2.34. The van der Waals surface area contributed by atoms with Gasteiger partial charge in [-0.2, -0.15) is 4.31 Å². The van der Waals surface area contributed by atoms with Gasteiger partial charge in [-0.1, -0.05) is 12.5 Å². The van der Waals surface area contributed by atoms with Crippen molar-refractivity contribution in [2.75, 3.05) is 13.1 Å². The summed E-state index contributed by atoms with van der Waals surface area (Å²) in [6, 6.07) is 4.46. The van der Waals surface area contributed by atoms with Crippen molar-refractivity contribution in [1.29, 1.82) is 0 Å². The SMILES string of the molecule is Cc1ccc(S(=O)(=O)N2CCCCC2CCN)cc1C(N)=O. The summed E-state index contributed by atoms with van der Waals surface area (Å²) in [5.41, 5.74) is 11.8. The summed E-state index contributed by atoms with van der Waals surface area (Å²) >= 11 is 0. The minimum absolute atomic E-state index is 0.0675. The number of primary amides is 1. The molecule has 1 fully saturated rings. The van der Waals surface area contributed by atoms with Gasteiger partial charge in [0.05, 0.1) is 4.90 Å². The van der Waals surface area contributed by atoms with Crippen molar-refractivity contribution in [1.82, 2.24) is 4.31 Å². The molecule has 1 aliphatic heterocycles. The number of benzene rings is 1. The molecule has 1 atom stereocenters. The quantitative estimate of drug-likeness (QED) is 0.841. The Hall–Kier alpha value is -1.44. The molecule has 4 N–H and O–H groups in total. The summed E-state index contributed by atoms with van der Waals surface area (Å²) < 4.78 is 27.3. The fourth-order valence-corrected chi connectivity index (χ4v) is 4.68. The van der Waals surface area contributed by atoms with Crippen molar-refractivity contribution in [2.24, 2.45) is 11.5 Å². The van der Waals surface area contributed by atoms with Crippen LogP contribution in [0.15, 0.2) is 23.1 Å². The largest absolute Gasteiger partial charge is 0.366 e. The topological polar surface area (TPSA) is 106 Å². The summed E-state index contributed by atoms with van der Waals surface area (Å²) in [6.45, 7) is 2.68. The molecule has 0 radical (unpaired) electrons. The van der Waals surface area contributed by atoms with E-state index in [9.17, 15) is 13.2 Å². The minimum atomic E-state index is -3.64. The van der Waals surface area contributed by atoms with E-state index in [4.69, 9.17) is 11.5 Å². The average molecular weight is 325 g/mol. The standard InChI is InChI=1S/C15H23N3O3S/c1-11-5-6-13(10-14(11)15(17)19)22(20,21)18-9-3-2-4-12(18)7-8-16/h5-6,10,12H,2-4,7-9,16H2,1H3,(H2,17,19). The molecule has 1 aromatic carbocycles. The lowest BCUT2D eigenvalue weighted by Crippen LogP contribution is -2.44. The van der Waals surface area contributed by atoms with Gasteiger partial charge >= 0.3 is 0 Å². The number of nitrogens with zero attached hydrogens (tertiary/aromatic N) is 1. The molecule has 1 aromatic rings. The molecule has 1 aliphatic rings. The Kier molecular flexibility index (Phi) is 5.20. The maximum absolute atomic E-state index is 12.9. The Morgan fingerprint density at radius 3 is 2.73 bits per heavy atom. The van der Waals surface area contributed by atoms with Crippen LogP contribution in [0.25, 0.3) is 0 Å². The molecule has 22 heavy (non-hydrogen) atoms. The highest BCUT2D eigenvalue weighted by Gasteiger charge is 2.33. The first-order chi connectivity index (χ1) is 10.4. The number of hydrogen-bond acceptors (Lipinski definition) is 4. The number of aryl methyl sites for hydroxylation is 1. The lowest BCUT2D eigenvalue weighted by atomic mass is 10.0. The van der Waals surface area contributed by atoms with Gasteiger partial charge < -0.3 is 11.5 Å². The first-order valence-corrected chi connectivity index (χ1v) is 8.94. The van der Waals surface area contributed by atoms with Gasteiger partial charge in [-0.05, 0) is 50.4 Å². The van der Waals surface area contributed by atoms with Crippen LogP contribution < -0.4 is 11.5 Å². The molecular weight excluding hydrogens is 302 g/mol. The van der Waals surface area contributed by atoms with Crippen LogP contribution in [0, 0.1) is 6.92 Å². The van der Waals surface area contributed by atoms with E-state index < -0.39 is 15.9 Å². The molecule has 1 heterocycles. The number of hydrogen-bond donors (Lipinski definition) is 2. The zero-order valence-corrected chi connectivity index (χ0v) is 13.6. The lowest BCUT2D eigenvalue weighted by molar-refractivity contribution is 0.0999. The number of sulfonamides is 1. The third kappa shape index (κ3) is 3.31. The Bertz CT molecular complexity index is 656. The molecule has 7 heteroatoms. The highest BCUT2D eigenvalue weighted by atomic mass is 32.2. The monoisotopic (exact) mass is 325 g/mol. The van der Waals surface area contributed by atoms with E-state index in [1.165, 1.54) is 16.4 Å². The fraction of sp³-hybridized carbons (Fsp3) is 0.533. The number of carbonyl (C=O) groups excluding carboxylic acids is 1. The number of rotatable bonds is 5. The number of piperidine rings is 1. The van der Waals surface area contributed by atoms with Gasteiger partial charge in [0.1, 0.15) is 0 Å². The Labute approximate surface area is 131 Å². The van der Waals surface area contributed by atoms with Gasteiger partial charge in [0.15, 0.2) is 0 Å². The highest BCUT2D eigenvalue weighted by molar-refractivity contribution is 7.89. The summed E-state index contributed by atoms with van der Waals surface area (Å²) in [7, 11) is -3.64. The number of amides is 1. The second-order valence-corrected chi connectivity index (χ2v) is 7.57. The van der Waals surface area contributed by atoms with Gasteiger partial charge in [-0.25, -0.2) is 8.42 Å². The van der Waals surface area contributed by atoms with E-state index in [0.717, 1.165) is 19.3 Å². The Morgan fingerprint density at radius 2 is 2.09 bits per heavy atom. The molecule has 0 bridgehead atoms. The average Bonchev–Trinajstić information content (AvgIpc) is 2.48. The summed E-state index contributed by atoms with van der Waals surface area (Å²) in [5, 5.41) is 0. The third-order valence-electron chi connectivity index (χ3n) is 4.15. The van der Waals surface area contributed by atoms with E-state index in [2.05, 4.69) is 0 Å². The van der Waals surface area contributed by atoms with Crippen LogP contribution in [0.3, 0.4) is 0 Å². The molecule has 1 unspecified atom stereocenters. The van der Waals surface area contributed by atoms with Crippen LogP contribution in [0.5, 0.6) is 0 Å². The van der Waals surface area contributed by atoms with Gasteiger partial charge in [-0.3, -0.25) is 4.79 Å². The zero-order valence-electron chi connectivity index (χ0n) is 12.8. The first-order valence-electron chi connectivity index (χ1n) is 7.50. The summed E-state index contributed by atoms with van der Waals surface area (Å²) in [6.07, 6.45) is 3.32. The van der Waals surface area contributed by atoms with Crippen LogP contribution in [0.1, 0.15) is 41.6 Å². The van der Waals surface area contributed by atoms with Crippen molar-refractivity contribution in [3.63, 3.8) is 0 Å². The molecule has 6 nitrogen and oxygen atoms in total. The third-order valence-corrected chi connectivity index (χ3v) is 6.10. The number of carbonyl (C=O) groups is 1. The van der Waals surface area contributed by atoms with Gasteiger partial charge in [-0.15, -0.1) is 0 Å². The molecule has 1 saturated heterocycles. The van der Waals surface area contributed by atoms with Gasteiger partial charge in [0, 0.05) is 18.2 Å². The van der Waals surface area contributed by atoms with Crippen LogP contribution in [-0.2, 0) is 10.0 Å². The molecule has 2 rings (SSSR count). The fourth-order valence-electron chi connectivity index (χ4n) is 2.93. The van der Waals surface area contributed by atoms with Crippen LogP contribution >= 0.6 is 0 Å². The van der Waals surface area contributed by atoms with Crippen molar-refractivity contribution in [3.8, 4) is 0 Å². The molecule has 0 aliphatic carbocycles. The number of nitrogens with two attached hydrogens (primary N) is 2. The van der Waals surface area contributed by atoms with Crippen LogP contribution in [0.4, 0.5) is 0 Å². The molecule has 1 amide bonds. The van der Waals surface area contributed by atoms with E-state index >= 15 is 0 Å². The van der Waals surface area contributed by atoms with Crippen LogP contribution in [0.2, 0.25) is 0 Å². The molecule has 0 saturated carbocycles. The predicted molar refractivity (Wildman–Crippen MR) is 84.9 cm³/mol. The van der Waals surface area contributed by atoms with Gasteiger partial charge in [0.25, 0.3) is 0 Å². The Morgan fingerprint density at radius 1 is 1.36 bits per heavy atom. The normalized spacial score (nSPS) is 20.0. The summed E-state index contributed by atoms with van der Waals surface area (Å²) in [4.78, 5) is 11.6.